The Morgan fingerprint density at radius 2 is 1.55 bits per heavy atom. The maximum absolute atomic E-state index is 13.3. The number of aromatic nitrogens is 2. The number of para-hydroxylation sites is 2. The summed E-state index contributed by atoms with van der Waals surface area (Å²) in [5, 5.41) is 17.0. The molecule has 31 heavy (non-hydrogen) atoms. The second-order valence-electron chi connectivity index (χ2n) is 6.88. The average Bonchev–Trinajstić information content (AvgIpc) is 3.09. The number of hydrazone groups is 1. The molecular weight excluding hydrogens is 392 g/mol. The van der Waals surface area contributed by atoms with Gasteiger partial charge in [0.1, 0.15) is 5.71 Å². The van der Waals surface area contributed by atoms with Crippen molar-refractivity contribution in [2.75, 3.05) is 5.43 Å². The first kappa shape index (κ1) is 19.9. The summed E-state index contributed by atoms with van der Waals surface area (Å²) in [7, 11) is 0. The summed E-state index contributed by atoms with van der Waals surface area (Å²) in [5.74, 6) is -1.07. The lowest BCUT2D eigenvalue weighted by Crippen LogP contribution is -2.22. The zero-order valence-electron chi connectivity index (χ0n) is 16.7. The van der Waals surface area contributed by atoms with Gasteiger partial charge in [0, 0.05) is 11.3 Å². The minimum absolute atomic E-state index is 0.0890. The van der Waals surface area contributed by atoms with Crippen molar-refractivity contribution in [2.45, 2.75) is 6.92 Å². The average molecular weight is 412 g/mol. The molecule has 7 nitrogen and oxygen atoms in total. The molecule has 0 aliphatic heterocycles. The number of aryl methyl sites for hydroxylation is 1. The first-order valence-electron chi connectivity index (χ1n) is 9.65. The van der Waals surface area contributed by atoms with Crippen molar-refractivity contribution in [3.05, 3.63) is 118 Å². The summed E-state index contributed by atoms with van der Waals surface area (Å²) in [6.07, 6.45) is 0. The molecule has 4 aromatic rings. The van der Waals surface area contributed by atoms with E-state index in [4.69, 9.17) is 0 Å². The lowest BCUT2D eigenvalue weighted by atomic mass is 10.0. The molecule has 0 atom stereocenters. The maximum atomic E-state index is 13.3. The van der Waals surface area contributed by atoms with Crippen LogP contribution >= 0.6 is 0 Å². The lowest BCUT2D eigenvalue weighted by molar-refractivity contribution is 0.0698. The van der Waals surface area contributed by atoms with E-state index in [0.29, 0.717) is 28.3 Å². The van der Waals surface area contributed by atoms with E-state index < -0.39 is 5.97 Å². The molecule has 0 amide bonds. The van der Waals surface area contributed by atoms with Gasteiger partial charge in [-0.1, -0.05) is 60.7 Å². The molecule has 0 bridgehead atoms. The number of benzene rings is 3. The Bertz CT molecular complexity index is 1310. The van der Waals surface area contributed by atoms with E-state index in [2.05, 4.69) is 15.6 Å². The molecule has 4 rings (SSSR count). The fourth-order valence-electron chi connectivity index (χ4n) is 3.33. The molecule has 0 aliphatic carbocycles. The predicted octanol–water partition coefficient (Wildman–Crippen LogP) is 4.04. The van der Waals surface area contributed by atoms with Gasteiger partial charge in [0.25, 0.3) is 5.56 Å². The van der Waals surface area contributed by atoms with Crippen molar-refractivity contribution in [2.24, 2.45) is 5.10 Å². The third-order valence-electron chi connectivity index (χ3n) is 4.82. The first-order valence-corrected chi connectivity index (χ1v) is 9.65. The highest BCUT2D eigenvalue weighted by molar-refractivity contribution is 6.13. The van der Waals surface area contributed by atoms with Crippen LogP contribution in [0.4, 0.5) is 5.69 Å². The fraction of sp³-hybridized carbons (Fsp3) is 0.0417. The van der Waals surface area contributed by atoms with Crippen LogP contribution in [0.2, 0.25) is 0 Å². The molecule has 0 saturated carbocycles. The number of carboxylic acids is 1. The molecule has 0 saturated heterocycles. The minimum Gasteiger partial charge on any atom is -0.478 e. The Kier molecular flexibility index (Phi) is 5.49. The molecule has 7 heteroatoms. The summed E-state index contributed by atoms with van der Waals surface area (Å²) >= 11 is 0. The Labute approximate surface area is 178 Å². The molecule has 0 aliphatic rings. The van der Waals surface area contributed by atoms with Crippen molar-refractivity contribution in [3.63, 3.8) is 0 Å². The van der Waals surface area contributed by atoms with Gasteiger partial charge in [-0.3, -0.25) is 15.3 Å². The van der Waals surface area contributed by atoms with Crippen LogP contribution in [0.15, 0.2) is 94.8 Å². The van der Waals surface area contributed by atoms with Gasteiger partial charge in [-0.15, -0.1) is 0 Å². The Balaban J connectivity index is 1.85. The van der Waals surface area contributed by atoms with Crippen LogP contribution in [0.1, 0.15) is 27.2 Å². The molecule has 0 fully saturated rings. The highest BCUT2D eigenvalue weighted by Gasteiger charge is 2.20. The number of H-pyrrole nitrogens is 1. The zero-order chi connectivity index (χ0) is 21.8. The Hall–Kier alpha value is -4.39. The summed E-state index contributed by atoms with van der Waals surface area (Å²) in [4.78, 5) is 24.8. The van der Waals surface area contributed by atoms with Crippen molar-refractivity contribution < 1.29 is 9.90 Å². The van der Waals surface area contributed by atoms with Crippen LogP contribution in [-0.2, 0) is 0 Å². The van der Waals surface area contributed by atoms with E-state index in [1.807, 2.05) is 60.7 Å². The SMILES string of the molecule is Cc1[nH]n(-c2ccccc2)c(=O)c1/C(=N\Nc1ccccc1C(=O)O)c1ccccc1. The number of aromatic carboxylic acids is 1. The van der Waals surface area contributed by atoms with Gasteiger partial charge < -0.3 is 5.11 Å². The van der Waals surface area contributed by atoms with Gasteiger partial charge in [-0.2, -0.15) is 5.10 Å². The van der Waals surface area contributed by atoms with Crippen molar-refractivity contribution in [1.29, 1.82) is 0 Å². The predicted molar refractivity (Wildman–Crippen MR) is 120 cm³/mol. The van der Waals surface area contributed by atoms with E-state index in [1.54, 1.807) is 25.1 Å². The van der Waals surface area contributed by atoms with E-state index in [9.17, 15) is 14.7 Å². The second-order valence-corrected chi connectivity index (χ2v) is 6.88. The van der Waals surface area contributed by atoms with Crippen LogP contribution in [0.3, 0.4) is 0 Å². The number of anilines is 1. The van der Waals surface area contributed by atoms with Gasteiger partial charge in [0.05, 0.1) is 22.5 Å². The minimum atomic E-state index is -1.07. The van der Waals surface area contributed by atoms with Gasteiger partial charge >= 0.3 is 5.97 Å². The Morgan fingerprint density at radius 3 is 2.23 bits per heavy atom. The summed E-state index contributed by atoms with van der Waals surface area (Å²) in [6, 6.07) is 25.0. The number of rotatable bonds is 6. The van der Waals surface area contributed by atoms with Crippen molar-refractivity contribution in [3.8, 4) is 5.69 Å². The van der Waals surface area contributed by atoms with Crippen LogP contribution in [-0.4, -0.2) is 26.6 Å². The fourth-order valence-corrected chi connectivity index (χ4v) is 3.33. The van der Waals surface area contributed by atoms with Gasteiger partial charge in [-0.25, -0.2) is 9.48 Å². The highest BCUT2D eigenvalue weighted by atomic mass is 16.4. The van der Waals surface area contributed by atoms with Crippen LogP contribution in [0, 0.1) is 6.92 Å². The van der Waals surface area contributed by atoms with E-state index in [0.717, 1.165) is 5.56 Å². The topological polar surface area (TPSA) is 99.5 Å². The van der Waals surface area contributed by atoms with Crippen LogP contribution < -0.4 is 11.0 Å². The summed E-state index contributed by atoms with van der Waals surface area (Å²) < 4.78 is 1.47. The van der Waals surface area contributed by atoms with Crippen LogP contribution in [0.5, 0.6) is 0 Å². The lowest BCUT2D eigenvalue weighted by Gasteiger charge is -2.09. The standard InChI is InChI=1S/C24H20N4O3/c1-16-21(23(29)28(27-16)18-12-6-3-7-13-18)22(17-10-4-2-5-11-17)26-25-20-15-9-8-14-19(20)24(30)31/h2-15,25,27H,1H3,(H,30,31)/b26-22-. The summed E-state index contributed by atoms with van der Waals surface area (Å²) in [5.41, 5.74) is 5.90. The Morgan fingerprint density at radius 1 is 0.935 bits per heavy atom. The number of carboxylic acid groups (broad SMARTS) is 1. The van der Waals surface area contributed by atoms with E-state index in [1.165, 1.54) is 10.7 Å². The maximum Gasteiger partial charge on any atom is 0.337 e. The van der Waals surface area contributed by atoms with Crippen LogP contribution in [0.25, 0.3) is 5.69 Å². The van der Waals surface area contributed by atoms with Crippen molar-refractivity contribution in [1.82, 2.24) is 9.78 Å². The molecule has 1 heterocycles. The summed E-state index contributed by atoms with van der Waals surface area (Å²) in [6.45, 7) is 1.81. The largest absolute Gasteiger partial charge is 0.478 e. The smallest absolute Gasteiger partial charge is 0.337 e. The van der Waals surface area contributed by atoms with E-state index in [-0.39, 0.29) is 11.1 Å². The molecule has 0 unspecified atom stereocenters. The number of nitrogens with one attached hydrogen (secondary N) is 2. The molecule has 0 spiro atoms. The normalized spacial score (nSPS) is 11.3. The number of aromatic amines is 1. The molecule has 154 valence electrons. The molecule has 1 aromatic heterocycles. The van der Waals surface area contributed by atoms with Gasteiger partial charge in [0.2, 0.25) is 0 Å². The number of hydrogen-bond donors (Lipinski definition) is 3. The highest BCUT2D eigenvalue weighted by Crippen LogP contribution is 2.17. The number of carbonyl (C=O) groups is 1. The quantitative estimate of drug-likeness (QED) is 0.329. The number of hydrogen-bond acceptors (Lipinski definition) is 4. The van der Waals surface area contributed by atoms with Gasteiger partial charge in [0.15, 0.2) is 0 Å². The third kappa shape index (κ3) is 4.02. The monoisotopic (exact) mass is 412 g/mol. The molecule has 3 N–H and O–H groups in total. The van der Waals surface area contributed by atoms with E-state index >= 15 is 0 Å². The second kappa shape index (κ2) is 8.54. The molecular formula is C24H20N4O3. The van der Waals surface area contributed by atoms with Crippen molar-refractivity contribution >= 4 is 17.4 Å². The first-order chi connectivity index (χ1) is 15.1. The zero-order valence-corrected chi connectivity index (χ0v) is 16.7. The van der Waals surface area contributed by atoms with Gasteiger partial charge in [-0.05, 0) is 31.2 Å². The third-order valence-corrected chi connectivity index (χ3v) is 4.82. The number of nitrogens with zero attached hydrogens (tertiary/aromatic N) is 2. The molecule has 0 radical (unpaired) electrons. The molecule has 3 aromatic carbocycles.